The van der Waals surface area contributed by atoms with Gasteiger partial charge in [0.1, 0.15) is 11.6 Å². The zero-order valence-electron chi connectivity index (χ0n) is 13.3. The van der Waals surface area contributed by atoms with E-state index in [9.17, 15) is 9.18 Å². The molecular weight excluding hydrogens is 327 g/mol. The standard InChI is InChI=1S/C16H17FN6O2/c17-12-3-1-2-11(10-12)16(25)19-7-6-15-21-20-14-5-4-13(18-8-9-24)22-23(14)15/h1-5,10,24H,6-9H2,(H,18,22)(H,19,25). The second-order valence-corrected chi connectivity index (χ2v) is 5.27. The molecule has 9 heteroatoms. The van der Waals surface area contributed by atoms with Crippen molar-refractivity contribution in [1.82, 2.24) is 25.1 Å². The molecule has 0 bridgehead atoms. The van der Waals surface area contributed by atoms with Gasteiger partial charge in [0.15, 0.2) is 11.5 Å². The van der Waals surface area contributed by atoms with Gasteiger partial charge in [-0.15, -0.1) is 15.3 Å². The summed E-state index contributed by atoms with van der Waals surface area (Å²) in [7, 11) is 0. The normalized spacial score (nSPS) is 10.8. The second-order valence-electron chi connectivity index (χ2n) is 5.27. The number of benzene rings is 1. The fourth-order valence-corrected chi connectivity index (χ4v) is 2.29. The quantitative estimate of drug-likeness (QED) is 0.581. The zero-order chi connectivity index (χ0) is 17.6. The molecule has 0 aliphatic rings. The topological polar surface area (TPSA) is 104 Å². The van der Waals surface area contributed by atoms with Crippen molar-refractivity contribution in [3.05, 3.63) is 53.6 Å². The van der Waals surface area contributed by atoms with Crippen LogP contribution in [0, 0.1) is 5.82 Å². The molecule has 1 amide bonds. The van der Waals surface area contributed by atoms with E-state index < -0.39 is 5.82 Å². The fraction of sp³-hybridized carbons (Fsp3) is 0.250. The predicted molar refractivity (Wildman–Crippen MR) is 88.8 cm³/mol. The van der Waals surface area contributed by atoms with Gasteiger partial charge in [-0.2, -0.15) is 4.52 Å². The number of hydrogen-bond donors (Lipinski definition) is 3. The monoisotopic (exact) mass is 344 g/mol. The van der Waals surface area contributed by atoms with E-state index in [0.29, 0.717) is 36.8 Å². The number of aromatic nitrogens is 4. The van der Waals surface area contributed by atoms with Crippen molar-refractivity contribution in [2.75, 3.05) is 25.0 Å². The number of hydrogen-bond acceptors (Lipinski definition) is 6. The van der Waals surface area contributed by atoms with Gasteiger partial charge in [0.25, 0.3) is 5.91 Å². The van der Waals surface area contributed by atoms with Crippen molar-refractivity contribution in [3.8, 4) is 0 Å². The van der Waals surface area contributed by atoms with Crippen LogP contribution in [0.25, 0.3) is 5.65 Å². The van der Waals surface area contributed by atoms with E-state index in [1.807, 2.05) is 0 Å². The molecule has 25 heavy (non-hydrogen) atoms. The Morgan fingerprint density at radius 2 is 2.08 bits per heavy atom. The van der Waals surface area contributed by atoms with E-state index in [1.165, 1.54) is 18.2 Å². The maximum atomic E-state index is 13.1. The second kappa shape index (κ2) is 7.67. The van der Waals surface area contributed by atoms with Gasteiger partial charge in [0.2, 0.25) is 0 Å². The lowest BCUT2D eigenvalue weighted by atomic mass is 10.2. The molecule has 3 aromatic rings. The summed E-state index contributed by atoms with van der Waals surface area (Å²) in [5.74, 6) is 0.364. The van der Waals surface area contributed by atoms with Crippen molar-refractivity contribution >= 4 is 17.4 Å². The molecule has 0 aliphatic carbocycles. The molecule has 0 spiro atoms. The molecule has 0 unspecified atom stereocenters. The highest BCUT2D eigenvalue weighted by Gasteiger charge is 2.10. The summed E-state index contributed by atoms with van der Waals surface area (Å²) in [6.07, 6.45) is 0.415. The molecule has 0 aliphatic heterocycles. The van der Waals surface area contributed by atoms with Crippen LogP contribution in [0.3, 0.4) is 0 Å². The molecule has 2 aromatic heterocycles. The van der Waals surface area contributed by atoms with Gasteiger partial charge in [-0.25, -0.2) is 4.39 Å². The van der Waals surface area contributed by atoms with Crippen LogP contribution in [0.5, 0.6) is 0 Å². The summed E-state index contributed by atoms with van der Waals surface area (Å²) >= 11 is 0. The molecule has 1 aromatic carbocycles. The lowest BCUT2D eigenvalue weighted by molar-refractivity contribution is 0.0953. The van der Waals surface area contributed by atoms with Gasteiger partial charge in [0, 0.05) is 25.1 Å². The minimum atomic E-state index is -0.455. The fourth-order valence-electron chi connectivity index (χ4n) is 2.29. The Balaban J connectivity index is 1.63. The number of aliphatic hydroxyl groups excluding tert-OH is 1. The number of halogens is 1. The van der Waals surface area contributed by atoms with Crippen molar-refractivity contribution in [3.63, 3.8) is 0 Å². The maximum absolute atomic E-state index is 13.1. The van der Waals surface area contributed by atoms with Crippen LogP contribution in [0.4, 0.5) is 10.2 Å². The van der Waals surface area contributed by atoms with Crippen molar-refractivity contribution in [2.45, 2.75) is 6.42 Å². The third-order valence-electron chi connectivity index (χ3n) is 3.47. The lowest BCUT2D eigenvalue weighted by Gasteiger charge is -2.06. The Morgan fingerprint density at radius 1 is 1.20 bits per heavy atom. The van der Waals surface area contributed by atoms with Crippen molar-refractivity contribution < 1.29 is 14.3 Å². The van der Waals surface area contributed by atoms with Crippen LogP contribution < -0.4 is 10.6 Å². The highest BCUT2D eigenvalue weighted by Crippen LogP contribution is 2.07. The first kappa shape index (κ1) is 16.8. The van der Waals surface area contributed by atoms with Gasteiger partial charge in [-0.1, -0.05) is 6.07 Å². The molecule has 0 fully saturated rings. The molecule has 0 saturated heterocycles. The minimum absolute atomic E-state index is 0.000858. The molecule has 0 radical (unpaired) electrons. The smallest absolute Gasteiger partial charge is 0.251 e. The first-order valence-corrected chi connectivity index (χ1v) is 7.77. The van der Waals surface area contributed by atoms with Gasteiger partial charge in [-0.3, -0.25) is 4.79 Å². The van der Waals surface area contributed by atoms with E-state index in [-0.39, 0.29) is 18.1 Å². The lowest BCUT2D eigenvalue weighted by Crippen LogP contribution is -2.26. The van der Waals surface area contributed by atoms with Gasteiger partial charge < -0.3 is 15.7 Å². The van der Waals surface area contributed by atoms with E-state index >= 15 is 0 Å². The van der Waals surface area contributed by atoms with Crippen LogP contribution in [0.2, 0.25) is 0 Å². The first-order chi connectivity index (χ1) is 12.2. The van der Waals surface area contributed by atoms with Crippen molar-refractivity contribution in [1.29, 1.82) is 0 Å². The van der Waals surface area contributed by atoms with E-state index in [2.05, 4.69) is 25.9 Å². The third kappa shape index (κ3) is 4.07. The Morgan fingerprint density at radius 3 is 2.88 bits per heavy atom. The number of rotatable bonds is 7. The number of carbonyl (C=O) groups is 1. The molecule has 0 saturated carbocycles. The summed E-state index contributed by atoms with van der Waals surface area (Å²) in [6.45, 7) is 0.701. The molecule has 3 N–H and O–H groups in total. The van der Waals surface area contributed by atoms with E-state index in [4.69, 9.17) is 5.11 Å². The number of fused-ring (bicyclic) bond motifs is 1. The van der Waals surface area contributed by atoms with E-state index in [1.54, 1.807) is 22.7 Å². The number of anilines is 1. The highest BCUT2D eigenvalue weighted by atomic mass is 19.1. The number of amides is 1. The van der Waals surface area contributed by atoms with Crippen LogP contribution in [0.15, 0.2) is 36.4 Å². The summed E-state index contributed by atoms with van der Waals surface area (Å²) < 4.78 is 14.7. The minimum Gasteiger partial charge on any atom is -0.395 e. The van der Waals surface area contributed by atoms with Gasteiger partial charge in [0.05, 0.1) is 6.61 Å². The number of aliphatic hydroxyl groups is 1. The molecule has 130 valence electrons. The molecule has 8 nitrogen and oxygen atoms in total. The highest BCUT2D eigenvalue weighted by molar-refractivity contribution is 5.94. The van der Waals surface area contributed by atoms with Crippen LogP contribution >= 0.6 is 0 Å². The molecular formula is C16H17FN6O2. The van der Waals surface area contributed by atoms with Crippen molar-refractivity contribution in [2.24, 2.45) is 0 Å². The third-order valence-corrected chi connectivity index (χ3v) is 3.47. The maximum Gasteiger partial charge on any atom is 0.251 e. The Bertz CT molecular complexity index is 882. The van der Waals surface area contributed by atoms with Gasteiger partial charge in [-0.05, 0) is 30.3 Å². The Labute approximate surface area is 142 Å². The number of nitrogens with zero attached hydrogens (tertiary/aromatic N) is 4. The van der Waals surface area contributed by atoms with Gasteiger partial charge >= 0.3 is 0 Å². The molecule has 3 rings (SSSR count). The van der Waals surface area contributed by atoms with E-state index in [0.717, 1.165) is 0 Å². The van der Waals surface area contributed by atoms with Crippen LogP contribution in [-0.2, 0) is 6.42 Å². The zero-order valence-corrected chi connectivity index (χ0v) is 13.3. The predicted octanol–water partition coefficient (Wildman–Crippen LogP) is 0.640. The largest absolute Gasteiger partial charge is 0.395 e. The summed E-state index contributed by atoms with van der Waals surface area (Å²) in [5, 5.41) is 27.0. The number of carbonyl (C=O) groups excluding carboxylic acids is 1. The Hall–Kier alpha value is -3.07. The first-order valence-electron chi connectivity index (χ1n) is 7.77. The van der Waals surface area contributed by atoms with Crippen LogP contribution in [0.1, 0.15) is 16.2 Å². The van der Waals surface area contributed by atoms with Crippen LogP contribution in [-0.4, -0.2) is 50.5 Å². The Kier molecular flexibility index (Phi) is 5.14. The average Bonchev–Trinajstić information content (AvgIpc) is 3.02. The molecule has 2 heterocycles. The number of nitrogens with one attached hydrogen (secondary N) is 2. The SMILES string of the molecule is O=C(NCCc1nnc2ccc(NCCO)nn12)c1cccc(F)c1. The molecule has 0 atom stereocenters. The summed E-state index contributed by atoms with van der Waals surface area (Å²) in [4.78, 5) is 12.0. The summed E-state index contributed by atoms with van der Waals surface area (Å²) in [5.41, 5.74) is 0.848. The summed E-state index contributed by atoms with van der Waals surface area (Å²) in [6, 6.07) is 9.01. The average molecular weight is 344 g/mol.